The van der Waals surface area contributed by atoms with Gasteiger partial charge in [-0.3, -0.25) is 9.48 Å². The quantitative estimate of drug-likeness (QED) is 0.693. The Hall–Kier alpha value is -3.36. The van der Waals surface area contributed by atoms with E-state index in [1.54, 1.807) is 18.6 Å². The van der Waals surface area contributed by atoms with Gasteiger partial charge < -0.3 is 10.6 Å². The highest BCUT2D eigenvalue weighted by molar-refractivity contribution is 6.00. The summed E-state index contributed by atoms with van der Waals surface area (Å²) >= 11 is 0. The lowest BCUT2D eigenvalue weighted by Gasteiger charge is -2.48. The number of carbonyl (C=O) groups excluding carboxylic acids is 1. The second kappa shape index (κ2) is 6.84. The lowest BCUT2D eigenvalue weighted by atomic mass is 9.62. The molecule has 2 aromatic rings. The summed E-state index contributed by atoms with van der Waals surface area (Å²) in [5.74, 6) is -2.78. The topological polar surface area (TPSA) is 83.7 Å². The Morgan fingerprint density at radius 3 is 2.76 bits per heavy atom. The summed E-state index contributed by atoms with van der Waals surface area (Å²) in [5.41, 5.74) is 4.04. The third-order valence-electron chi connectivity index (χ3n) is 7.44. The van der Waals surface area contributed by atoms with E-state index in [9.17, 15) is 13.6 Å². The first-order valence-corrected chi connectivity index (χ1v) is 11.6. The van der Waals surface area contributed by atoms with Crippen LogP contribution in [0.15, 0.2) is 69.9 Å². The molecule has 9 heteroatoms. The first-order chi connectivity index (χ1) is 16.1. The summed E-state index contributed by atoms with van der Waals surface area (Å²) in [5, 5.41) is 19.4. The summed E-state index contributed by atoms with van der Waals surface area (Å²) < 4.78 is 28.4. The van der Waals surface area contributed by atoms with Crippen LogP contribution in [0.2, 0.25) is 0 Å². The number of amides is 1. The molecule has 1 aromatic carbocycles. The van der Waals surface area contributed by atoms with Crippen molar-refractivity contribution in [3.8, 4) is 11.1 Å². The Balaban J connectivity index is 1.48. The molecule has 1 amide bonds. The monoisotopic (exact) mass is 464 g/mol. The fourth-order valence-corrected chi connectivity index (χ4v) is 5.71. The molecule has 2 unspecified atom stereocenters. The zero-order valence-corrected chi connectivity index (χ0v) is 19.3. The zero-order chi connectivity index (χ0) is 23.9. The summed E-state index contributed by atoms with van der Waals surface area (Å²) in [6, 6.07) is 7.07. The Bertz CT molecular complexity index is 1310. The largest absolute Gasteiger partial charge is 0.362 e. The van der Waals surface area contributed by atoms with Crippen LogP contribution in [-0.4, -0.2) is 33.3 Å². The number of rotatable bonds is 4. The van der Waals surface area contributed by atoms with Crippen LogP contribution in [0, 0.1) is 0 Å². The Morgan fingerprint density at radius 2 is 2.03 bits per heavy atom. The average molecular weight is 465 g/mol. The van der Waals surface area contributed by atoms with E-state index in [1.807, 2.05) is 38.1 Å². The highest BCUT2D eigenvalue weighted by Crippen LogP contribution is 2.53. The molecule has 4 heterocycles. The fourth-order valence-electron chi connectivity index (χ4n) is 5.71. The van der Waals surface area contributed by atoms with Crippen LogP contribution in [0.25, 0.3) is 11.1 Å². The van der Waals surface area contributed by atoms with E-state index in [1.165, 1.54) is 4.68 Å². The van der Waals surface area contributed by atoms with Gasteiger partial charge >= 0.3 is 0 Å². The van der Waals surface area contributed by atoms with E-state index in [0.29, 0.717) is 18.4 Å². The van der Waals surface area contributed by atoms with E-state index < -0.39 is 17.4 Å². The zero-order valence-electron chi connectivity index (χ0n) is 19.3. The third kappa shape index (κ3) is 2.98. The highest BCUT2D eigenvalue weighted by Gasteiger charge is 2.59. The molecule has 3 atom stereocenters. The molecular weight excluding hydrogens is 438 g/mol. The average Bonchev–Trinajstić information content (AvgIpc) is 3.18. The molecular formula is C25H26F2N6O. The van der Waals surface area contributed by atoms with E-state index in [2.05, 4.69) is 32.9 Å². The predicted molar refractivity (Wildman–Crippen MR) is 122 cm³/mol. The molecule has 2 N–H and O–H groups in total. The minimum Gasteiger partial charge on any atom is -0.362 e. The van der Waals surface area contributed by atoms with Crippen LogP contribution < -0.4 is 10.6 Å². The summed E-state index contributed by atoms with van der Waals surface area (Å²) in [6.07, 6.45) is 5.88. The van der Waals surface area contributed by atoms with Gasteiger partial charge in [-0.05, 0) is 37.5 Å². The van der Waals surface area contributed by atoms with Gasteiger partial charge in [0, 0.05) is 41.4 Å². The van der Waals surface area contributed by atoms with Gasteiger partial charge in [0.25, 0.3) is 11.8 Å². The number of hydrogen-bond donors (Lipinski definition) is 2. The molecule has 0 spiro atoms. The number of azo groups is 1. The second-order valence-corrected chi connectivity index (χ2v) is 10.3. The Labute approximate surface area is 196 Å². The molecule has 1 fully saturated rings. The Kier molecular flexibility index (Phi) is 4.26. The number of aromatic nitrogens is 2. The van der Waals surface area contributed by atoms with Crippen molar-refractivity contribution in [1.82, 2.24) is 20.4 Å². The molecule has 7 nitrogen and oxygen atoms in total. The molecule has 1 aromatic heterocycles. The number of nitrogens with one attached hydrogen (secondary N) is 2. The normalized spacial score (nSPS) is 30.3. The summed E-state index contributed by atoms with van der Waals surface area (Å²) in [6.45, 7) is 6.08. The van der Waals surface area contributed by atoms with Crippen molar-refractivity contribution in [2.24, 2.45) is 10.2 Å². The van der Waals surface area contributed by atoms with E-state index in [0.717, 1.165) is 28.0 Å². The molecule has 1 saturated carbocycles. The second-order valence-electron chi connectivity index (χ2n) is 10.3. The number of fused-ring (bicyclic) bond motifs is 1. The summed E-state index contributed by atoms with van der Waals surface area (Å²) in [7, 11) is 0. The van der Waals surface area contributed by atoms with Gasteiger partial charge in [-0.1, -0.05) is 25.1 Å². The van der Waals surface area contributed by atoms with Gasteiger partial charge in [-0.2, -0.15) is 15.3 Å². The van der Waals surface area contributed by atoms with Crippen LogP contribution in [0.4, 0.5) is 8.78 Å². The first-order valence-electron chi connectivity index (χ1n) is 11.6. The van der Waals surface area contributed by atoms with Crippen molar-refractivity contribution >= 4 is 5.91 Å². The molecule has 0 saturated heterocycles. The van der Waals surface area contributed by atoms with Crippen LogP contribution in [0.1, 0.15) is 51.6 Å². The van der Waals surface area contributed by atoms with Crippen LogP contribution in [0.3, 0.4) is 0 Å². The number of carbonyl (C=O) groups is 1. The van der Waals surface area contributed by atoms with Gasteiger partial charge in [0.05, 0.1) is 23.4 Å². The van der Waals surface area contributed by atoms with Gasteiger partial charge in [0.15, 0.2) is 6.17 Å². The fraction of sp³-hybridized carbons (Fsp3) is 0.440. The molecule has 0 radical (unpaired) electrons. The maximum atomic E-state index is 13.5. The van der Waals surface area contributed by atoms with Crippen LogP contribution in [-0.2, 0) is 10.2 Å². The molecule has 176 valence electrons. The van der Waals surface area contributed by atoms with Gasteiger partial charge in [-0.15, -0.1) is 0 Å². The number of nitrogens with zero attached hydrogens (tertiary/aromatic N) is 4. The van der Waals surface area contributed by atoms with E-state index >= 15 is 0 Å². The van der Waals surface area contributed by atoms with Gasteiger partial charge in [0.1, 0.15) is 6.04 Å². The van der Waals surface area contributed by atoms with Crippen molar-refractivity contribution in [1.29, 1.82) is 0 Å². The molecule has 0 bridgehead atoms. The van der Waals surface area contributed by atoms with Crippen molar-refractivity contribution in [3.05, 3.63) is 65.3 Å². The number of halogens is 2. The van der Waals surface area contributed by atoms with Crippen LogP contribution in [0.5, 0.6) is 0 Å². The SMILES string of the molecule is CC[C@@]1(c2cccc(-c3cnn(C4CC4(F)F)c3)c2)C2=CN=NC2NC2=C1C(=O)NC(C)(C)C2. The maximum Gasteiger partial charge on any atom is 0.272 e. The predicted octanol–water partition coefficient (Wildman–Crippen LogP) is 4.61. The van der Waals surface area contributed by atoms with Crippen molar-refractivity contribution in [2.75, 3.05) is 0 Å². The Morgan fingerprint density at radius 1 is 1.24 bits per heavy atom. The van der Waals surface area contributed by atoms with Crippen molar-refractivity contribution in [3.63, 3.8) is 0 Å². The van der Waals surface area contributed by atoms with E-state index in [4.69, 9.17) is 0 Å². The van der Waals surface area contributed by atoms with Crippen LogP contribution >= 0.6 is 0 Å². The molecule has 34 heavy (non-hydrogen) atoms. The van der Waals surface area contributed by atoms with Crippen molar-refractivity contribution in [2.45, 2.75) is 69.1 Å². The lowest BCUT2D eigenvalue weighted by Crippen LogP contribution is -2.58. The third-order valence-corrected chi connectivity index (χ3v) is 7.44. The number of benzene rings is 1. The number of hydrogen-bond acceptors (Lipinski definition) is 5. The molecule has 4 aliphatic rings. The standard InChI is InChI=1S/C25H26F2N6O/c1-4-24(17-12-28-32-21(17)30-18-9-23(2,3)31-22(34)20(18)24)16-7-5-6-14(8-16)15-11-29-33(13-15)19-10-25(19,26)27/h5-8,11-13,19,21,30H,4,9-10H2,1-3H3,(H,31,34)/t19?,21?,24-/m1/s1. The number of alkyl halides is 2. The molecule has 6 rings (SSSR count). The van der Waals surface area contributed by atoms with Crippen molar-refractivity contribution < 1.29 is 13.6 Å². The van der Waals surface area contributed by atoms with E-state index in [-0.39, 0.29) is 24.0 Å². The highest BCUT2D eigenvalue weighted by atomic mass is 19.3. The lowest BCUT2D eigenvalue weighted by molar-refractivity contribution is -0.120. The summed E-state index contributed by atoms with van der Waals surface area (Å²) in [4.78, 5) is 13.5. The minimum absolute atomic E-state index is 0.0963. The van der Waals surface area contributed by atoms with Gasteiger partial charge in [-0.25, -0.2) is 8.78 Å². The molecule has 1 aliphatic carbocycles. The first kappa shape index (κ1) is 21.2. The van der Waals surface area contributed by atoms with Gasteiger partial charge in [0.2, 0.25) is 0 Å². The maximum absolute atomic E-state index is 13.5. The smallest absolute Gasteiger partial charge is 0.272 e. The minimum atomic E-state index is -2.69. The molecule has 3 aliphatic heterocycles.